The van der Waals surface area contributed by atoms with Gasteiger partial charge in [-0.1, -0.05) is 18.2 Å². The van der Waals surface area contributed by atoms with E-state index < -0.39 is 17.7 Å². The third-order valence-electron chi connectivity index (χ3n) is 6.94. The van der Waals surface area contributed by atoms with Crippen LogP contribution in [0.25, 0.3) is 0 Å². The van der Waals surface area contributed by atoms with Crippen molar-refractivity contribution in [2.75, 3.05) is 26.0 Å². The smallest absolute Gasteiger partial charge is 0.404 e. The van der Waals surface area contributed by atoms with Gasteiger partial charge in [-0.2, -0.15) is 0 Å². The van der Waals surface area contributed by atoms with Gasteiger partial charge >= 0.3 is 6.09 Å². The molecular formula is C22H25N5O5. The normalized spacial score (nSPS) is 30.3. The van der Waals surface area contributed by atoms with E-state index in [1.54, 1.807) is 13.0 Å². The Morgan fingerprint density at radius 2 is 2.06 bits per heavy atom. The Kier molecular flexibility index (Phi) is 4.54. The van der Waals surface area contributed by atoms with Gasteiger partial charge < -0.3 is 36.5 Å². The summed E-state index contributed by atoms with van der Waals surface area (Å²) in [5.74, 6) is -1.22. The van der Waals surface area contributed by atoms with Crippen molar-refractivity contribution in [2.24, 2.45) is 11.7 Å². The molecule has 32 heavy (non-hydrogen) atoms. The Hall–Kier alpha value is -3.37. The monoisotopic (exact) mass is 439 g/mol. The number of hydrogen-bond donors (Lipinski definition) is 4. The van der Waals surface area contributed by atoms with Gasteiger partial charge in [0.15, 0.2) is 5.72 Å². The molecule has 4 atom stereocenters. The minimum absolute atomic E-state index is 0.0824. The van der Waals surface area contributed by atoms with Gasteiger partial charge in [-0.25, -0.2) is 4.79 Å². The van der Waals surface area contributed by atoms with E-state index in [2.05, 4.69) is 10.6 Å². The average molecular weight is 439 g/mol. The van der Waals surface area contributed by atoms with E-state index >= 15 is 0 Å². The highest BCUT2D eigenvalue weighted by atomic mass is 16.6. The first-order valence-electron chi connectivity index (χ1n) is 10.4. The standard InChI is InChI=1S/C22H25N5O5/c1-10-16(25-7-11-5-3-4-6-13(11)23)19(29)15-12(9-32-21(24)30)22(31-2)20-14(26-20)8-27(22)17(15)18(10)28/h3-6,12,14,20,25-26H,7-9,23H2,1-2H3,(H2,24,30)/t12-,14+,20+,22-/m1/s1. The van der Waals surface area contributed by atoms with Crippen molar-refractivity contribution in [2.45, 2.75) is 31.3 Å². The number of nitrogens with one attached hydrogen (secondary N) is 2. The number of nitrogens with zero attached hydrogens (tertiary/aromatic N) is 1. The molecule has 4 aliphatic rings. The summed E-state index contributed by atoms with van der Waals surface area (Å²) < 4.78 is 11.1. The van der Waals surface area contributed by atoms with Crippen LogP contribution in [-0.2, 0) is 25.6 Å². The second kappa shape index (κ2) is 7.07. The fraction of sp³-hybridized carbons (Fsp3) is 0.409. The zero-order chi connectivity index (χ0) is 22.8. The number of amides is 1. The highest BCUT2D eigenvalue weighted by Gasteiger charge is 2.72. The summed E-state index contributed by atoms with van der Waals surface area (Å²) in [5, 5.41) is 6.45. The van der Waals surface area contributed by atoms with E-state index in [1.807, 2.05) is 23.1 Å². The van der Waals surface area contributed by atoms with Crippen LogP contribution in [0.2, 0.25) is 0 Å². The quantitative estimate of drug-likeness (QED) is 0.267. The first kappa shape index (κ1) is 20.5. The van der Waals surface area contributed by atoms with Crippen molar-refractivity contribution in [3.63, 3.8) is 0 Å². The summed E-state index contributed by atoms with van der Waals surface area (Å²) in [6, 6.07) is 7.37. The lowest BCUT2D eigenvalue weighted by molar-refractivity contribution is -0.137. The maximum absolute atomic E-state index is 13.7. The molecule has 10 nitrogen and oxygen atoms in total. The van der Waals surface area contributed by atoms with Crippen molar-refractivity contribution < 1.29 is 23.9 Å². The molecule has 0 radical (unpaired) electrons. The number of carbonyl (C=O) groups excluding carboxylic acids is 3. The van der Waals surface area contributed by atoms with Gasteiger partial charge in [-0.3, -0.25) is 9.59 Å². The van der Waals surface area contributed by atoms with E-state index in [0.717, 1.165) is 5.56 Å². The predicted octanol–water partition coefficient (Wildman–Crippen LogP) is -0.238. The zero-order valence-corrected chi connectivity index (χ0v) is 17.8. The van der Waals surface area contributed by atoms with Gasteiger partial charge in [0.05, 0.1) is 23.4 Å². The molecule has 0 saturated carbocycles. The van der Waals surface area contributed by atoms with Gasteiger partial charge in [0.25, 0.3) is 0 Å². The molecule has 2 fully saturated rings. The number of rotatable bonds is 6. The average Bonchev–Trinajstić information content (AvgIpc) is 3.38. The molecule has 0 spiro atoms. The van der Waals surface area contributed by atoms with Crippen LogP contribution in [0.5, 0.6) is 0 Å². The number of primary amides is 1. The van der Waals surface area contributed by atoms with Gasteiger partial charge in [-0.15, -0.1) is 0 Å². The highest BCUT2D eigenvalue weighted by Crippen LogP contribution is 2.55. The Morgan fingerprint density at radius 3 is 2.75 bits per heavy atom. The molecule has 0 aromatic heterocycles. The molecule has 10 heteroatoms. The largest absolute Gasteiger partial charge is 0.449 e. The number of methoxy groups -OCH3 is 1. The van der Waals surface area contributed by atoms with Crippen LogP contribution in [0.1, 0.15) is 12.5 Å². The van der Waals surface area contributed by atoms with Crippen molar-refractivity contribution in [3.8, 4) is 0 Å². The number of anilines is 1. The van der Waals surface area contributed by atoms with Crippen LogP contribution >= 0.6 is 0 Å². The molecule has 1 aromatic rings. The molecule has 6 N–H and O–H groups in total. The van der Waals surface area contributed by atoms with Crippen molar-refractivity contribution in [3.05, 3.63) is 52.4 Å². The lowest BCUT2D eigenvalue weighted by Crippen LogP contribution is -2.55. The Balaban J connectivity index is 1.51. The van der Waals surface area contributed by atoms with E-state index in [0.29, 0.717) is 29.1 Å². The molecule has 2 saturated heterocycles. The summed E-state index contributed by atoms with van der Waals surface area (Å²) in [4.78, 5) is 40.4. The highest BCUT2D eigenvalue weighted by molar-refractivity contribution is 6.25. The number of ether oxygens (including phenoxy) is 2. The van der Waals surface area contributed by atoms with E-state index in [1.165, 1.54) is 7.11 Å². The maximum atomic E-state index is 13.7. The summed E-state index contributed by atoms with van der Waals surface area (Å²) in [6.07, 6.45) is -0.950. The first-order chi connectivity index (χ1) is 15.3. The minimum Gasteiger partial charge on any atom is -0.449 e. The van der Waals surface area contributed by atoms with Gasteiger partial charge in [0.1, 0.15) is 6.61 Å². The van der Waals surface area contributed by atoms with Crippen LogP contribution < -0.4 is 22.1 Å². The van der Waals surface area contributed by atoms with Gasteiger partial charge in [-0.05, 0) is 18.6 Å². The van der Waals surface area contributed by atoms with Crippen LogP contribution in [0, 0.1) is 5.92 Å². The minimum atomic E-state index is -0.990. The van der Waals surface area contributed by atoms with Crippen LogP contribution in [0.4, 0.5) is 10.5 Å². The SMILES string of the molecule is CO[C@@]12[C@H](COC(N)=O)C3=C(C(=O)C(C)=C(NCc4ccccc4N)C3=O)N1C[C@@H]1N[C@@H]12. The molecule has 3 aliphatic heterocycles. The van der Waals surface area contributed by atoms with Gasteiger partial charge in [0.2, 0.25) is 11.6 Å². The van der Waals surface area contributed by atoms with Crippen molar-refractivity contribution in [1.82, 2.24) is 15.5 Å². The summed E-state index contributed by atoms with van der Waals surface area (Å²) in [7, 11) is 1.54. The van der Waals surface area contributed by atoms with Crippen molar-refractivity contribution in [1.29, 1.82) is 0 Å². The predicted molar refractivity (Wildman–Crippen MR) is 114 cm³/mol. The molecule has 168 valence electrons. The molecule has 3 heterocycles. The molecule has 0 unspecified atom stereocenters. The van der Waals surface area contributed by atoms with E-state index in [-0.39, 0.29) is 42.5 Å². The maximum Gasteiger partial charge on any atom is 0.404 e. The lowest BCUT2D eigenvalue weighted by atomic mass is 9.82. The fourth-order valence-corrected chi connectivity index (χ4v) is 5.38. The third kappa shape index (κ3) is 2.69. The molecule has 1 aliphatic carbocycles. The number of allylic oxidation sites excluding steroid dienone is 2. The summed E-state index contributed by atoms with van der Waals surface area (Å²) >= 11 is 0. The number of ketones is 2. The number of piperazine rings is 1. The van der Waals surface area contributed by atoms with Crippen LogP contribution in [0.3, 0.4) is 0 Å². The molecule has 1 amide bonds. The van der Waals surface area contributed by atoms with Crippen LogP contribution in [-0.4, -0.2) is 60.6 Å². The number of nitrogens with two attached hydrogens (primary N) is 2. The zero-order valence-electron chi connectivity index (χ0n) is 17.8. The third-order valence-corrected chi connectivity index (χ3v) is 6.94. The topological polar surface area (TPSA) is 159 Å². The number of hydrogen-bond acceptors (Lipinski definition) is 9. The Bertz CT molecular complexity index is 1110. The second-order valence-electron chi connectivity index (χ2n) is 8.47. The number of para-hydroxylation sites is 1. The number of fused-ring (bicyclic) bond motifs is 4. The van der Waals surface area contributed by atoms with E-state index in [9.17, 15) is 14.4 Å². The van der Waals surface area contributed by atoms with Crippen molar-refractivity contribution >= 4 is 23.3 Å². The summed E-state index contributed by atoms with van der Waals surface area (Å²) in [6.45, 7) is 2.28. The number of benzene rings is 1. The molecule has 0 bridgehead atoms. The van der Waals surface area contributed by atoms with Crippen LogP contribution in [0.15, 0.2) is 46.8 Å². The molecule has 5 rings (SSSR count). The lowest BCUT2D eigenvalue weighted by Gasteiger charge is -2.39. The fourth-order valence-electron chi connectivity index (χ4n) is 5.38. The van der Waals surface area contributed by atoms with Gasteiger partial charge in [0, 0.05) is 43.1 Å². The number of Topliss-reactive ketones (excluding diaryl/α,β-unsaturated/α-hetero) is 2. The molecular weight excluding hydrogens is 414 g/mol. The number of carbonyl (C=O) groups is 3. The van der Waals surface area contributed by atoms with E-state index in [4.69, 9.17) is 20.9 Å². The number of nitrogen functional groups attached to an aromatic ring is 1. The Labute approximate surface area is 184 Å². The Morgan fingerprint density at radius 1 is 1.31 bits per heavy atom. The summed E-state index contributed by atoms with van der Waals surface area (Å²) in [5.41, 5.74) is 12.8. The molecule has 1 aromatic carbocycles. The first-order valence-corrected chi connectivity index (χ1v) is 10.4. The second-order valence-corrected chi connectivity index (χ2v) is 8.47.